The molecule has 0 unspecified atom stereocenters. The maximum atomic E-state index is 12.8. The molecule has 1 heterocycles. The summed E-state index contributed by atoms with van der Waals surface area (Å²) in [5, 5.41) is 19.0. The molecule has 0 saturated carbocycles. The molecule has 178 valence electrons. The van der Waals surface area contributed by atoms with Gasteiger partial charge in [-0.3, -0.25) is 4.79 Å². The number of hydrogen-bond donors (Lipinski definition) is 3. The Balaban J connectivity index is 1.39. The average molecular weight is 482 g/mol. The Kier molecular flexibility index (Phi) is 7.04. The molecule has 1 aliphatic heterocycles. The van der Waals surface area contributed by atoms with Crippen LogP contribution in [0.3, 0.4) is 0 Å². The second kappa shape index (κ2) is 10.1. The molecule has 1 fully saturated rings. The van der Waals surface area contributed by atoms with E-state index in [1.165, 1.54) is 12.1 Å². The number of carboxylic acids is 1. The van der Waals surface area contributed by atoms with Gasteiger partial charge < -0.3 is 20.0 Å². The molecule has 1 atom stereocenters. The van der Waals surface area contributed by atoms with E-state index in [9.17, 15) is 23.4 Å². The van der Waals surface area contributed by atoms with Crippen LogP contribution in [0.1, 0.15) is 5.56 Å². The van der Waals surface area contributed by atoms with Gasteiger partial charge in [-0.2, -0.15) is 4.72 Å². The van der Waals surface area contributed by atoms with Crippen molar-refractivity contribution in [2.75, 3.05) is 36.0 Å². The van der Waals surface area contributed by atoms with Crippen LogP contribution in [-0.2, 0) is 21.2 Å². The highest BCUT2D eigenvalue weighted by Crippen LogP contribution is 2.23. The molecule has 1 aliphatic rings. The lowest BCUT2D eigenvalue weighted by Gasteiger charge is -2.37. The number of nitrogens with one attached hydrogen (secondary N) is 1. The largest absolute Gasteiger partial charge is 0.508 e. The Labute approximate surface area is 199 Å². The van der Waals surface area contributed by atoms with Crippen molar-refractivity contribution in [1.82, 2.24) is 4.72 Å². The molecule has 0 radical (unpaired) electrons. The molecule has 3 N–H and O–H groups in total. The van der Waals surface area contributed by atoms with Crippen molar-refractivity contribution in [2.45, 2.75) is 17.4 Å². The number of benzene rings is 3. The van der Waals surface area contributed by atoms with Gasteiger partial charge in [0, 0.05) is 37.6 Å². The second-order valence-corrected chi connectivity index (χ2v) is 9.90. The Bertz CT molecular complexity index is 1210. The number of rotatable bonds is 8. The number of aliphatic carboxylic acids is 1. The molecule has 3 aromatic carbocycles. The number of phenolic OH excluding ortho intramolecular Hbond substituents is 1. The van der Waals surface area contributed by atoms with Gasteiger partial charge in [0.25, 0.3) is 0 Å². The fraction of sp³-hybridized carbons (Fsp3) is 0.240. The molecule has 4 rings (SSSR count). The molecule has 0 spiro atoms. The lowest BCUT2D eigenvalue weighted by atomic mass is 10.1. The van der Waals surface area contributed by atoms with Crippen molar-refractivity contribution in [1.29, 1.82) is 0 Å². The number of carbonyl (C=O) groups is 1. The SMILES string of the molecule is O=C(O)[C@H](Cc1ccccc1)NS(=O)(=O)c1ccc(N2CCN(c3ccc(O)cc3)CC2)cc1. The minimum Gasteiger partial charge on any atom is -0.508 e. The van der Waals surface area contributed by atoms with E-state index in [4.69, 9.17) is 0 Å². The molecule has 0 bridgehead atoms. The van der Waals surface area contributed by atoms with Gasteiger partial charge in [0.05, 0.1) is 4.90 Å². The first-order valence-electron chi connectivity index (χ1n) is 11.0. The number of phenols is 1. The van der Waals surface area contributed by atoms with Crippen LogP contribution < -0.4 is 14.5 Å². The minimum atomic E-state index is -4.00. The summed E-state index contributed by atoms with van der Waals surface area (Å²) in [5.74, 6) is -0.989. The predicted octanol–water partition coefficient (Wildman–Crippen LogP) is 2.69. The van der Waals surface area contributed by atoms with Crippen LogP contribution in [0.5, 0.6) is 5.75 Å². The van der Waals surface area contributed by atoms with Crippen molar-refractivity contribution < 1.29 is 23.4 Å². The van der Waals surface area contributed by atoms with Crippen molar-refractivity contribution >= 4 is 27.4 Å². The smallest absolute Gasteiger partial charge is 0.322 e. The third-order valence-corrected chi connectivity index (χ3v) is 7.37. The van der Waals surface area contributed by atoms with Crippen LogP contribution in [0, 0.1) is 0 Å². The van der Waals surface area contributed by atoms with Gasteiger partial charge >= 0.3 is 5.97 Å². The van der Waals surface area contributed by atoms with Gasteiger partial charge in [0.1, 0.15) is 11.8 Å². The quantitative estimate of drug-likeness (QED) is 0.454. The summed E-state index contributed by atoms with van der Waals surface area (Å²) in [7, 11) is -4.00. The predicted molar refractivity (Wildman–Crippen MR) is 131 cm³/mol. The first kappa shape index (κ1) is 23.6. The lowest BCUT2D eigenvalue weighted by molar-refractivity contribution is -0.138. The summed E-state index contributed by atoms with van der Waals surface area (Å²) in [6.45, 7) is 3.13. The molecule has 9 heteroatoms. The maximum Gasteiger partial charge on any atom is 0.322 e. The number of anilines is 2. The Hall–Kier alpha value is -3.56. The third-order valence-electron chi connectivity index (χ3n) is 5.88. The number of aromatic hydroxyl groups is 1. The van der Waals surface area contributed by atoms with Crippen molar-refractivity contribution in [2.24, 2.45) is 0 Å². The number of piperazine rings is 1. The van der Waals surface area contributed by atoms with Gasteiger partial charge in [-0.25, -0.2) is 8.42 Å². The molecule has 0 aliphatic carbocycles. The van der Waals surface area contributed by atoms with Crippen LogP contribution in [0.4, 0.5) is 11.4 Å². The zero-order valence-electron chi connectivity index (χ0n) is 18.5. The van der Waals surface area contributed by atoms with E-state index in [1.54, 1.807) is 48.5 Å². The maximum absolute atomic E-state index is 12.8. The van der Waals surface area contributed by atoms with Crippen LogP contribution in [0.15, 0.2) is 83.8 Å². The first-order valence-corrected chi connectivity index (χ1v) is 12.5. The van der Waals surface area contributed by atoms with E-state index in [1.807, 2.05) is 18.2 Å². The average Bonchev–Trinajstić information content (AvgIpc) is 2.85. The van der Waals surface area contributed by atoms with Gasteiger partial charge in [-0.15, -0.1) is 0 Å². The standard InChI is InChI=1S/C25H27N3O5S/c29-22-10-6-20(7-11-22)27-14-16-28(17-15-27)21-8-12-23(13-9-21)34(32,33)26-24(25(30)31)18-19-4-2-1-3-5-19/h1-13,24,26,29H,14-18H2,(H,30,31)/t24-/m0/s1. The number of sulfonamides is 1. The molecule has 3 aromatic rings. The normalized spacial score (nSPS) is 15.2. The van der Waals surface area contributed by atoms with Crippen molar-refractivity contribution in [3.05, 3.63) is 84.4 Å². The number of carboxylic acid groups (broad SMARTS) is 1. The fourth-order valence-corrected chi connectivity index (χ4v) is 5.20. The van der Waals surface area contributed by atoms with Gasteiger partial charge in [-0.05, 0) is 60.5 Å². The van der Waals surface area contributed by atoms with E-state index in [0.717, 1.165) is 43.1 Å². The molecule has 8 nitrogen and oxygen atoms in total. The Morgan fingerprint density at radius 1 is 0.824 bits per heavy atom. The van der Waals surface area contributed by atoms with Crippen molar-refractivity contribution in [3.63, 3.8) is 0 Å². The Morgan fingerprint density at radius 2 is 1.32 bits per heavy atom. The number of hydrogen-bond acceptors (Lipinski definition) is 6. The Morgan fingerprint density at radius 3 is 1.82 bits per heavy atom. The zero-order valence-corrected chi connectivity index (χ0v) is 19.4. The highest BCUT2D eigenvalue weighted by atomic mass is 32.2. The van der Waals surface area contributed by atoms with E-state index in [-0.39, 0.29) is 17.1 Å². The van der Waals surface area contributed by atoms with Crippen LogP contribution in [0.2, 0.25) is 0 Å². The van der Waals surface area contributed by atoms with Gasteiger partial charge in [0.2, 0.25) is 10.0 Å². The lowest BCUT2D eigenvalue weighted by Crippen LogP contribution is -2.46. The van der Waals surface area contributed by atoms with Gasteiger partial charge in [0.15, 0.2) is 0 Å². The summed E-state index contributed by atoms with van der Waals surface area (Å²) in [5.41, 5.74) is 2.69. The highest BCUT2D eigenvalue weighted by molar-refractivity contribution is 7.89. The molecule has 1 saturated heterocycles. The highest BCUT2D eigenvalue weighted by Gasteiger charge is 2.26. The van der Waals surface area contributed by atoms with Crippen LogP contribution in [-0.4, -0.2) is 56.8 Å². The van der Waals surface area contributed by atoms with E-state index in [0.29, 0.717) is 0 Å². The topological polar surface area (TPSA) is 110 Å². The summed E-state index contributed by atoms with van der Waals surface area (Å²) in [4.78, 5) is 16.1. The van der Waals surface area contributed by atoms with Crippen LogP contribution >= 0.6 is 0 Å². The molecular weight excluding hydrogens is 454 g/mol. The minimum absolute atomic E-state index is 0.0262. The fourth-order valence-electron chi connectivity index (χ4n) is 4.01. The summed E-state index contributed by atoms with van der Waals surface area (Å²) in [6.07, 6.45) is 0.0544. The molecule has 0 amide bonds. The molecule has 34 heavy (non-hydrogen) atoms. The summed E-state index contributed by atoms with van der Waals surface area (Å²) < 4.78 is 28.0. The van der Waals surface area contributed by atoms with Crippen LogP contribution in [0.25, 0.3) is 0 Å². The summed E-state index contributed by atoms with van der Waals surface area (Å²) >= 11 is 0. The van der Waals surface area contributed by atoms with E-state index in [2.05, 4.69) is 14.5 Å². The summed E-state index contributed by atoms with van der Waals surface area (Å²) in [6, 6.07) is 21.3. The zero-order chi connectivity index (χ0) is 24.1. The van der Waals surface area contributed by atoms with E-state index >= 15 is 0 Å². The van der Waals surface area contributed by atoms with E-state index < -0.39 is 22.0 Å². The third kappa shape index (κ3) is 5.67. The molecule has 0 aromatic heterocycles. The second-order valence-electron chi connectivity index (χ2n) is 8.19. The molecular formula is C25H27N3O5S. The first-order chi connectivity index (χ1) is 16.3. The number of nitrogens with zero attached hydrogens (tertiary/aromatic N) is 2. The van der Waals surface area contributed by atoms with Gasteiger partial charge in [-0.1, -0.05) is 30.3 Å². The monoisotopic (exact) mass is 481 g/mol. The van der Waals surface area contributed by atoms with Crippen molar-refractivity contribution in [3.8, 4) is 5.75 Å².